The van der Waals surface area contributed by atoms with Gasteiger partial charge < -0.3 is 67.8 Å². The molecule has 8 heterocycles. The van der Waals surface area contributed by atoms with Crippen molar-refractivity contribution >= 4 is 46.3 Å². The Labute approximate surface area is 800 Å². The lowest BCUT2D eigenvalue weighted by molar-refractivity contribution is -0.128. The number of ether oxygens (including phenoxy) is 4. The van der Waals surface area contributed by atoms with Crippen LogP contribution >= 0.6 is 22.7 Å². The maximum atomic E-state index is 12.6. The van der Waals surface area contributed by atoms with Crippen LogP contribution in [0.25, 0.3) is 87.3 Å². The summed E-state index contributed by atoms with van der Waals surface area (Å²) in [6.07, 6.45) is 12.8. The van der Waals surface area contributed by atoms with Crippen molar-refractivity contribution in [2.75, 3.05) is 78.8 Å². The first-order valence-corrected chi connectivity index (χ1v) is 48.4. The van der Waals surface area contributed by atoms with Gasteiger partial charge in [-0.15, -0.1) is 22.7 Å². The minimum absolute atomic E-state index is 0.00474. The second-order valence-corrected chi connectivity index (χ2v) is 39.8. The van der Waals surface area contributed by atoms with Crippen LogP contribution in [0.5, 0.6) is 23.0 Å². The molecule has 696 valence electrons. The van der Waals surface area contributed by atoms with E-state index in [-0.39, 0.29) is 96.1 Å². The van der Waals surface area contributed by atoms with Gasteiger partial charge in [0.15, 0.2) is 11.5 Å². The number of nitrogens with zero attached hydrogens (tertiary/aromatic N) is 10. The third-order valence-electron chi connectivity index (χ3n) is 27.4. The van der Waals surface area contributed by atoms with E-state index in [4.69, 9.17) is 27.8 Å². The summed E-state index contributed by atoms with van der Waals surface area (Å²) in [5.74, 6) is 5.03. The molecule has 4 saturated heterocycles. The molecule has 26 heteroatoms. The van der Waals surface area contributed by atoms with Crippen LogP contribution in [0.1, 0.15) is 174 Å². The Balaban J connectivity index is 0.000000126. The van der Waals surface area contributed by atoms with E-state index in [1.165, 1.54) is 65.4 Å². The van der Waals surface area contributed by atoms with E-state index >= 15 is 0 Å². The molecule has 20 rings (SSSR count). The van der Waals surface area contributed by atoms with Gasteiger partial charge in [-0.05, 0) is 271 Å². The van der Waals surface area contributed by atoms with Crippen LogP contribution in [-0.2, 0) is 66.5 Å². The number of carbonyl (C=O) groups excluding carboxylic acids is 4. The van der Waals surface area contributed by atoms with E-state index in [2.05, 4.69) is 107 Å². The van der Waals surface area contributed by atoms with Crippen molar-refractivity contribution in [1.82, 2.24) is 29.6 Å². The van der Waals surface area contributed by atoms with Gasteiger partial charge in [-0.1, -0.05) is 72.8 Å². The highest BCUT2D eigenvalue weighted by molar-refractivity contribution is 7.19. The number of aliphatic hydroxyl groups is 4. The van der Waals surface area contributed by atoms with E-state index < -0.39 is 0 Å². The van der Waals surface area contributed by atoms with Crippen LogP contribution in [0, 0.1) is 45.3 Å². The number of oxazole rings is 2. The number of hydrogen-bond acceptors (Lipinski definition) is 22. The number of amides is 4. The lowest BCUT2D eigenvalue weighted by Crippen LogP contribution is -2.32. The summed E-state index contributed by atoms with van der Waals surface area (Å²) in [5, 5.41) is 75.5. The maximum Gasteiger partial charge on any atom is 0.226 e. The zero-order valence-electron chi connectivity index (χ0n) is 77.8. The van der Waals surface area contributed by atoms with E-state index in [0.717, 1.165) is 83.4 Å². The minimum atomic E-state index is -0.200. The minimum Gasteiger partial charge on any atom is -0.490 e. The Morgan fingerprint density at radius 2 is 0.610 bits per heavy atom. The van der Waals surface area contributed by atoms with Crippen LogP contribution in [-0.4, -0.2) is 177 Å². The summed E-state index contributed by atoms with van der Waals surface area (Å²) in [6.45, 7) is 19.7. The third-order valence-corrected chi connectivity index (χ3v) is 29.8. The van der Waals surface area contributed by atoms with E-state index in [9.17, 15) is 60.7 Å². The number of benzene rings is 8. The number of nitriles is 4. The number of carbonyl (C=O) groups is 4. The molecular formula is C110H110N10O14S2. The third kappa shape index (κ3) is 18.8. The fourth-order valence-electron chi connectivity index (χ4n) is 21.5. The fraction of sp³-hybridized carbons (Fsp3) is 0.364. The van der Waals surface area contributed by atoms with E-state index in [1.807, 2.05) is 138 Å². The summed E-state index contributed by atoms with van der Waals surface area (Å²) in [5.41, 5.74) is 19.2. The molecule has 4 fully saturated rings. The number of β-amino-alcohol motifs (C(OH)–C–C–N with tert-alkyl or cyclic N) is 4. The smallest absolute Gasteiger partial charge is 0.226 e. The maximum absolute atomic E-state index is 12.6. The van der Waals surface area contributed by atoms with Gasteiger partial charge in [0.25, 0.3) is 0 Å². The number of hydrogen-bond donors (Lipinski definition) is 4. The quantitative estimate of drug-likeness (QED) is 0.0436. The first kappa shape index (κ1) is 94.2. The van der Waals surface area contributed by atoms with Gasteiger partial charge in [0.1, 0.15) is 47.3 Å². The highest BCUT2D eigenvalue weighted by Gasteiger charge is 2.53. The standard InChI is InChI=1S/2C28H28N2O3S.2C27H27N3O4/c2*1-18(2)33-24-7-6-19(14-20(24)16-29)25-8-9-26(34-25)22-4-3-5-23-21(22)10-11-28(23)15-27(32)30(17-28)12-13-31;2*1-17(2)33-23-7-6-18(12-19(23)14-28)26-29-15-24(34-26)21-4-3-5-22-20(21)8-9-27(22)13-25(32)30(16-27)10-11-31/h2*3-9,14,18,31H,10-13,15,17H2,1-2H3;2*3-7,12,15,17,31H,8-11,13,16H2,1-2H3/t2*28-;2*27-/m1010/s1. The molecule has 4 amide bonds. The van der Waals surface area contributed by atoms with Crippen molar-refractivity contribution in [2.24, 2.45) is 0 Å². The number of thiophene rings is 2. The van der Waals surface area contributed by atoms with Crippen LogP contribution in [0.15, 0.2) is 191 Å². The van der Waals surface area contributed by atoms with Gasteiger partial charge in [0.2, 0.25) is 35.4 Å². The van der Waals surface area contributed by atoms with E-state index in [1.54, 1.807) is 69.1 Å². The number of fused-ring (bicyclic) bond motifs is 8. The summed E-state index contributed by atoms with van der Waals surface area (Å²) >= 11 is 3.45. The zero-order chi connectivity index (χ0) is 95.5. The van der Waals surface area contributed by atoms with Crippen LogP contribution in [0.2, 0.25) is 0 Å². The number of rotatable bonds is 24. The van der Waals surface area contributed by atoms with Crippen molar-refractivity contribution in [1.29, 1.82) is 21.0 Å². The van der Waals surface area contributed by atoms with Crippen molar-refractivity contribution in [3.8, 4) is 135 Å². The predicted octanol–water partition coefficient (Wildman–Crippen LogP) is 18.5. The van der Waals surface area contributed by atoms with Gasteiger partial charge in [-0.3, -0.25) is 19.2 Å². The van der Waals surface area contributed by atoms with Crippen molar-refractivity contribution in [2.45, 2.75) is 179 Å². The SMILES string of the molecule is CC(C)Oc1ccc(-c2ccc(-c3cccc4c3CC[C@@]43CC(=O)N(CCO)C3)s2)cc1C#N.CC(C)Oc1ccc(-c2ccc(-c3cccc4c3CC[C@]43CC(=O)N(CCO)C3)s2)cc1C#N.CC(C)Oc1ccc(-c2ncc(-c3cccc4c3CC[C@@]43CC(=O)N(CCO)C3)o2)cc1C#N.CC(C)Oc1ccc(-c2ncc(-c3cccc4c3CC[C@]43CC(=O)N(CCO)C3)o2)cc1C#N. The van der Waals surface area contributed by atoms with Crippen LogP contribution in [0.3, 0.4) is 0 Å². The molecule has 0 bridgehead atoms. The first-order valence-electron chi connectivity index (χ1n) is 46.8. The molecule has 4 spiro atoms. The zero-order valence-corrected chi connectivity index (χ0v) is 79.4. The topological polar surface area (TPSA) is 346 Å². The molecule has 0 radical (unpaired) electrons. The highest BCUT2D eigenvalue weighted by Crippen LogP contribution is 2.55. The Bertz CT molecular complexity index is 5960. The normalized spacial score (nSPS) is 19.1. The molecule has 4 aliphatic carbocycles. The second-order valence-electron chi connectivity index (χ2n) is 37.7. The Hall–Kier alpha value is -13.5. The summed E-state index contributed by atoms with van der Waals surface area (Å²) < 4.78 is 35.3. The van der Waals surface area contributed by atoms with Gasteiger partial charge >= 0.3 is 0 Å². The molecule has 12 aromatic rings. The van der Waals surface area contributed by atoms with Gasteiger partial charge in [0, 0.05) is 141 Å². The molecule has 4 aliphatic heterocycles. The Kier molecular flexibility index (Phi) is 27.6. The van der Waals surface area contributed by atoms with Gasteiger partial charge in [-0.25, -0.2) is 9.97 Å². The molecule has 0 saturated carbocycles. The lowest BCUT2D eigenvalue weighted by Gasteiger charge is -2.25. The first-order chi connectivity index (χ1) is 65.7. The number of aromatic nitrogens is 2. The molecular weight excluding hydrogens is 1750 g/mol. The van der Waals surface area contributed by atoms with Gasteiger partial charge in [0.05, 0.1) is 85.5 Å². The van der Waals surface area contributed by atoms with Gasteiger partial charge in [-0.2, -0.15) is 21.0 Å². The molecule has 0 unspecified atom stereocenters. The van der Waals surface area contributed by atoms with Crippen LogP contribution < -0.4 is 18.9 Å². The van der Waals surface area contributed by atoms with Crippen molar-refractivity contribution in [3.05, 3.63) is 249 Å². The number of aliphatic hydroxyl groups excluding tert-OH is 4. The summed E-state index contributed by atoms with van der Waals surface area (Å²) in [4.78, 5) is 71.0. The summed E-state index contributed by atoms with van der Waals surface area (Å²) in [7, 11) is 0. The average molecular weight is 1860 g/mol. The van der Waals surface area contributed by atoms with Crippen molar-refractivity contribution in [3.63, 3.8) is 0 Å². The second kappa shape index (κ2) is 39.8. The average Bonchev–Trinajstić information content (AvgIpc) is 1.59. The summed E-state index contributed by atoms with van der Waals surface area (Å²) in [6, 6.07) is 65.0. The molecule has 4 N–H and O–H groups in total. The molecule has 8 aliphatic rings. The molecule has 8 aromatic carbocycles. The lowest BCUT2D eigenvalue weighted by atomic mass is 9.80. The van der Waals surface area contributed by atoms with E-state index in [0.29, 0.717) is 158 Å². The molecule has 24 nitrogen and oxygen atoms in total. The van der Waals surface area contributed by atoms with Crippen LogP contribution in [0.4, 0.5) is 0 Å². The largest absolute Gasteiger partial charge is 0.490 e. The number of likely N-dealkylation sites (tertiary alicyclic amines) is 4. The molecule has 136 heavy (non-hydrogen) atoms. The Morgan fingerprint density at radius 1 is 0.353 bits per heavy atom. The predicted molar refractivity (Wildman–Crippen MR) is 520 cm³/mol. The Morgan fingerprint density at radius 3 is 0.882 bits per heavy atom. The molecule has 4 aromatic heterocycles. The molecule has 4 atom stereocenters. The fourth-order valence-corrected chi connectivity index (χ4v) is 23.6. The van der Waals surface area contributed by atoms with Crippen molar-refractivity contribution < 1.29 is 67.4 Å². The highest BCUT2D eigenvalue weighted by atomic mass is 32.1. The monoisotopic (exact) mass is 1860 g/mol.